The summed E-state index contributed by atoms with van der Waals surface area (Å²) < 4.78 is 9.22. The molecule has 1 rings (SSSR count). The van der Waals surface area contributed by atoms with Crippen LogP contribution in [0.1, 0.15) is 10.4 Å². The van der Waals surface area contributed by atoms with Crippen molar-refractivity contribution in [2.45, 2.75) is 0 Å². The zero-order valence-corrected chi connectivity index (χ0v) is 7.94. The fourth-order valence-electron chi connectivity index (χ4n) is 0.975. The monoisotopic (exact) mass is 194 g/mol. The minimum Gasteiger partial charge on any atom is -0.497 e. The first kappa shape index (κ1) is 10.2. The molecule has 4 nitrogen and oxygen atoms in total. The summed E-state index contributed by atoms with van der Waals surface area (Å²) >= 11 is 0. The van der Waals surface area contributed by atoms with Crippen molar-refractivity contribution in [1.82, 2.24) is 0 Å². The first-order valence-electron chi connectivity index (χ1n) is 3.95. The van der Waals surface area contributed by atoms with Crippen molar-refractivity contribution in [2.24, 2.45) is 0 Å². The van der Waals surface area contributed by atoms with E-state index < -0.39 is 11.8 Å². The third-order valence-electron chi connectivity index (χ3n) is 1.70. The molecule has 0 atom stereocenters. The van der Waals surface area contributed by atoms with Crippen LogP contribution in [0.4, 0.5) is 0 Å². The van der Waals surface area contributed by atoms with Crippen LogP contribution in [0.2, 0.25) is 0 Å². The van der Waals surface area contributed by atoms with E-state index in [9.17, 15) is 9.59 Å². The number of methoxy groups -OCH3 is 2. The van der Waals surface area contributed by atoms with Gasteiger partial charge in [-0.1, -0.05) is 12.1 Å². The molecular formula is C10H10O4. The predicted octanol–water partition coefficient (Wildman–Crippen LogP) is 1.05. The SMILES string of the molecule is COC(=O)C(=O)c1cccc(OC)c1. The first-order chi connectivity index (χ1) is 6.69. The molecule has 0 saturated heterocycles. The van der Waals surface area contributed by atoms with Crippen LogP contribution in [0.25, 0.3) is 0 Å². The summed E-state index contributed by atoms with van der Waals surface area (Å²) in [6.07, 6.45) is 0. The maximum Gasteiger partial charge on any atom is 0.379 e. The molecule has 0 aliphatic heterocycles. The largest absolute Gasteiger partial charge is 0.497 e. The van der Waals surface area contributed by atoms with Crippen LogP contribution in [0.5, 0.6) is 5.75 Å². The molecule has 0 spiro atoms. The van der Waals surface area contributed by atoms with Crippen molar-refractivity contribution in [1.29, 1.82) is 0 Å². The molecule has 0 unspecified atom stereocenters. The standard InChI is InChI=1S/C10H10O4/c1-13-8-5-3-4-7(6-8)9(11)10(12)14-2/h3-6H,1-2H3. The Kier molecular flexibility index (Phi) is 3.23. The molecule has 4 heteroatoms. The summed E-state index contributed by atoms with van der Waals surface area (Å²) in [5.74, 6) is -1.02. The zero-order valence-electron chi connectivity index (χ0n) is 7.94. The Bertz CT molecular complexity index is 357. The minimum absolute atomic E-state index is 0.260. The van der Waals surface area contributed by atoms with Crippen molar-refractivity contribution in [2.75, 3.05) is 14.2 Å². The molecule has 0 radical (unpaired) electrons. The van der Waals surface area contributed by atoms with Gasteiger partial charge in [-0.15, -0.1) is 0 Å². The van der Waals surface area contributed by atoms with E-state index in [1.807, 2.05) is 0 Å². The number of rotatable bonds is 3. The van der Waals surface area contributed by atoms with Crippen LogP contribution >= 0.6 is 0 Å². The average molecular weight is 194 g/mol. The summed E-state index contributed by atoms with van der Waals surface area (Å²) in [6.45, 7) is 0. The molecule has 74 valence electrons. The molecule has 0 saturated carbocycles. The molecular weight excluding hydrogens is 184 g/mol. The van der Waals surface area contributed by atoms with Gasteiger partial charge in [0.1, 0.15) is 5.75 Å². The van der Waals surface area contributed by atoms with Gasteiger partial charge in [-0.25, -0.2) is 4.79 Å². The highest BCUT2D eigenvalue weighted by Gasteiger charge is 2.16. The van der Waals surface area contributed by atoms with Crippen LogP contribution < -0.4 is 4.74 Å². The summed E-state index contributed by atoms with van der Waals surface area (Å²) in [6, 6.07) is 6.34. The second-order valence-electron chi connectivity index (χ2n) is 2.55. The smallest absolute Gasteiger partial charge is 0.379 e. The van der Waals surface area contributed by atoms with Gasteiger partial charge in [0, 0.05) is 5.56 Å². The maximum absolute atomic E-state index is 11.3. The van der Waals surface area contributed by atoms with E-state index in [2.05, 4.69) is 4.74 Å². The van der Waals surface area contributed by atoms with Gasteiger partial charge >= 0.3 is 5.97 Å². The van der Waals surface area contributed by atoms with Gasteiger partial charge in [-0.05, 0) is 12.1 Å². The van der Waals surface area contributed by atoms with E-state index >= 15 is 0 Å². The number of hydrogen-bond donors (Lipinski definition) is 0. The van der Waals surface area contributed by atoms with E-state index in [-0.39, 0.29) is 5.56 Å². The molecule has 0 aliphatic rings. The Morgan fingerprint density at radius 2 is 1.93 bits per heavy atom. The Hall–Kier alpha value is -1.84. The summed E-state index contributed by atoms with van der Waals surface area (Å²) in [7, 11) is 2.65. The fourth-order valence-corrected chi connectivity index (χ4v) is 0.975. The lowest BCUT2D eigenvalue weighted by molar-refractivity contribution is -0.135. The third kappa shape index (κ3) is 2.10. The van der Waals surface area contributed by atoms with Crippen molar-refractivity contribution in [3.63, 3.8) is 0 Å². The van der Waals surface area contributed by atoms with Crippen molar-refractivity contribution in [3.8, 4) is 5.75 Å². The van der Waals surface area contributed by atoms with Crippen LogP contribution in [0.15, 0.2) is 24.3 Å². The second-order valence-corrected chi connectivity index (χ2v) is 2.55. The first-order valence-corrected chi connectivity index (χ1v) is 3.95. The molecule has 1 aromatic carbocycles. The van der Waals surface area contributed by atoms with Gasteiger partial charge < -0.3 is 9.47 Å². The lowest BCUT2D eigenvalue weighted by Crippen LogP contribution is -2.15. The van der Waals surface area contributed by atoms with E-state index in [0.29, 0.717) is 5.75 Å². The van der Waals surface area contributed by atoms with E-state index in [0.717, 1.165) is 0 Å². The van der Waals surface area contributed by atoms with Crippen LogP contribution in [0, 0.1) is 0 Å². The molecule has 1 aromatic rings. The van der Waals surface area contributed by atoms with Gasteiger partial charge in [0.2, 0.25) is 0 Å². The fraction of sp³-hybridized carbons (Fsp3) is 0.200. The van der Waals surface area contributed by atoms with Crippen molar-refractivity contribution >= 4 is 11.8 Å². The molecule has 0 heterocycles. The number of ether oxygens (including phenoxy) is 2. The van der Waals surface area contributed by atoms with Gasteiger partial charge in [0.05, 0.1) is 14.2 Å². The Balaban J connectivity index is 2.95. The molecule has 0 amide bonds. The molecule has 0 aromatic heterocycles. The zero-order chi connectivity index (χ0) is 10.6. The van der Waals surface area contributed by atoms with Crippen LogP contribution in [-0.4, -0.2) is 26.0 Å². The third-order valence-corrected chi connectivity index (χ3v) is 1.70. The highest BCUT2D eigenvalue weighted by atomic mass is 16.5. The minimum atomic E-state index is -0.877. The normalized spacial score (nSPS) is 9.29. The highest BCUT2D eigenvalue weighted by Crippen LogP contribution is 2.13. The number of Topliss-reactive ketones (excluding diaryl/α,β-unsaturated/α-hetero) is 1. The van der Waals surface area contributed by atoms with E-state index in [4.69, 9.17) is 4.74 Å². The average Bonchev–Trinajstić information content (AvgIpc) is 2.27. The Labute approximate surface area is 81.4 Å². The number of ketones is 1. The maximum atomic E-state index is 11.3. The Morgan fingerprint density at radius 3 is 2.50 bits per heavy atom. The predicted molar refractivity (Wildman–Crippen MR) is 49.3 cm³/mol. The van der Waals surface area contributed by atoms with Crippen LogP contribution in [-0.2, 0) is 9.53 Å². The number of hydrogen-bond acceptors (Lipinski definition) is 4. The topological polar surface area (TPSA) is 52.6 Å². The summed E-state index contributed by atoms with van der Waals surface area (Å²) in [5.41, 5.74) is 0.260. The number of carbonyl (C=O) groups is 2. The number of esters is 1. The van der Waals surface area contributed by atoms with E-state index in [1.165, 1.54) is 26.4 Å². The molecule has 0 N–H and O–H groups in total. The Morgan fingerprint density at radius 1 is 1.21 bits per heavy atom. The molecule has 0 bridgehead atoms. The summed E-state index contributed by atoms with van der Waals surface area (Å²) in [4.78, 5) is 22.2. The van der Waals surface area contributed by atoms with Crippen LogP contribution in [0.3, 0.4) is 0 Å². The van der Waals surface area contributed by atoms with Crippen molar-refractivity contribution in [3.05, 3.63) is 29.8 Å². The number of benzene rings is 1. The lowest BCUT2D eigenvalue weighted by Gasteiger charge is -2.01. The van der Waals surface area contributed by atoms with Crippen molar-refractivity contribution < 1.29 is 19.1 Å². The summed E-state index contributed by atoms with van der Waals surface area (Å²) in [5, 5.41) is 0. The molecule has 0 aliphatic carbocycles. The quantitative estimate of drug-likeness (QED) is 0.410. The molecule has 0 fully saturated rings. The van der Waals surface area contributed by atoms with Gasteiger partial charge in [-0.3, -0.25) is 4.79 Å². The second kappa shape index (κ2) is 4.41. The van der Waals surface area contributed by atoms with Gasteiger partial charge in [0.25, 0.3) is 5.78 Å². The van der Waals surface area contributed by atoms with E-state index in [1.54, 1.807) is 12.1 Å². The lowest BCUT2D eigenvalue weighted by atomic mass is 10.1. The highest BCUT2D eigenvalue weighted by molar-refractivity contribution is 6.40. The van der Waals surface area contributed by atoms with Gasteiger partial charge in [0.15, 0.2) is 0 Å². The molecule has 14 heavy (non-hydrogen) atoms. The van der Waals surface area contributed by atoms with Gasteiger partial charge in [-0.2, -0.15) is 0 Å². The number of carbonyl (C=O) groups excluding carboxylic acids is 2.